The zero-order valence-electron chi connectivity index (χ0n) is 28.2. The van der Waals surface area contributed by atoms with E-state index in [1.165, 1.54) is 12.1 Å². The van der Waals surface area contributed by atoms with E-state index in [-0.39, 0.29) is 71.7 Å². The molecule has 3 aromatic rings. The molecule has 1 aromatic heterocycles. The van der Waals surface area contributed by atoms with Crippen LogP contribution in [0.15, 0.2) is 45.7 Å². The molecule has 1 amide bonds. The normalized spacial score (nSPS) is 20.9. The molecule has 2 aliphatic heterocycles. The van der Waals surface area contributed by atoms with E-state index in [2.05, 4.69) is 15.6 Å². The van der Waals surface area contributed by atoms with Crippen LogP contribution >= 0.6 is 0 Å². The van der Waals surface area contributed by atoms with Gasteiger partial charge in [0, 0.05) is 43.8 Å². The largest absolute Gasteiger partial charge is 0.450 e. The number of aliphatic hydroxyl groups excluding tert-OH is 1. The summed E-state index contributed by atoms with van der Waals surface area (Å²) >= 11 is 0. The van der Waals surface area contributed by atoms with E-state index < -0.39 is 46.4 Å². The number of aliphatic hydroxyl groups is 1. The highest BCUT2D eigenvalue weighted by atomic mass is 32.2. The number of carbonyl (C=O) groups excluding carboxylic acids is 1. The molecule has 15 heteroatoms. The third-order valence-corrected chi connectivity index (χ3v) is 10.5. The molecule has 2 saturated heterocycles. The first kappa shape index (κ1) is 36.9. The summed E-state index contributed by atoms with van der Waals surface area (Å²) < 4.78 is 79.9. The summed E-state index contributed by atoms with van der Waals surface area (Å²) in [5.74, 6) is -1.39. The third-order valence-electron chi connectivity index (χ3n) is 8.63. The maximum absolute atomic E-state index is 14.1. The third kappa shape index (κ3) is 9.66. The van der Waals surface area contributed by atoms with Gasteiger partial charge in [0.15, 0.2) is 11.9 Å². The van der Waals surface area contributed by atoms with Crippen LogP contribution in [0.5, 0.6) is 0 Å². The highest BCUT2D eigenvalue weighted by Gasteiger charge is 2.39. The Morgan fingerprint density at radius 2 is 1.86 bits per heavy atom. The second kappa shape index (κ2) is 16.1. The number of alkyl carbamates (subject to hydrolysis) is 1. The first-order valence-electron chi connectivity index (χ1n) is 16.7. The molecular formula is C34H46F2N4O8S. The fraction of sp³-hybridized carbons (Fsp3) is 0.588. The van der Waals surface area contributed by atoms with Gasteiger partial charge in [0.25, 0.3) is 6.01 Å². The second-order valence-corrected chi connectivity index (χ2v) is 15.5. The molecule has 0 aliphatic carbocycles. The Morgan fingerprint density at radius 3 is 2.57 bits per heavy atom. The highest BCUT2D eigenvalue weighted by Crippen LogP contribution is 2.36. The lowest BCUT2D eigenvalue weighted by Gasteiger charge is -2.30. The number of rotatable bonds is 15. The minimum absolute atomic E-state index is 0.0368. The van der Waals surface area contributed by atoms with Gasteiger partial charge >= 0.3 is 6.09 Å². The Kier molecular flexibility index (Phi) is 12.1. The molecule has 2 aliphatic rings. The Hall–Kier alpha value is -3.37. The number of hydrogen-bond donors (Lipinski definition) is 3. The van der Waals surface area contributed by atoms with E-state index in [0.717, 1.165) is 35.3 Å². The van der Waals surface area contributed by atoms with E-state index in [0.29, 0.717) is 25.2 Å². The number of halogens is 2. The van der Waals surface area contributed by atoms with Gasteiger partial charge in [-0.05, 0) is 81.2 Å². The molecular weight excluding hydrogens is 662 g/mol. The number of oxazole rings is 1. The van der Waals surface area contributed by atoms with Crippen molar-refractivity contribution < 1.29 is 45.7 Å². The number of sulfonamides is 1. The van der Waals surface area contributed by atoms with Gasteiger partial charge < -0.3 is 34.4 Å². The van der Waals surface area contributed by atoms with Gasteiger partial charge in [0.1, 0.15) is 17.2 Å². The number of anilines is 1. The van der Waals surface area contributed by atoms with Gasteiger partial charge in [-0.25, -0.2) is 22.0 Å². The van der Waals surface area contributed by atoms with Crippen LogP contribution in [0.2, 0.25) is 0 Å². The lowest BCUT2D eigenvalue weighted by atomic mass is 9.87. The smallest absolute Gasteiger partial charge is 0.407 e. The van der Waals surface area contributed by atoms with E-state index in [1.807, 2.05) is 27.7 Å². The number of nitrogens with zero attached hydrogens (tertiary/aromatic N) is 2. The predicted molar refractivity (Wildman–Crippen MR) is 177 cm³/mol. The van der Waals surface area contributed by atoms with Crippen LogP contribution in [0.4, 0.5) is 19.6 Å². The molecule has 5 rings (SSSR count). The molecule has 5 atom stereocenters. The van der Waals surface area contributed by atoms with Crippen molar-refractivity contribution in [2.45, 2.75) is 82.8 Å². The van der Waals surface area contributed by atoms with Crippen molar-refractivity contribution >= 4 is 33.2 Å². The average molecular weight is 709 g/mol. The number of amides is 1. The first-order chi connectivity index (χ1) is 23.3. The van der Waals surface area contributed by atoms with Gasteiger partial charge in [0.05, 0.1) is 30.3 Å². The Labute approximate surface area is 285 Å². The molecule has 270 valence electrons. The number of benzene rings is 2. The molecule has 0 spiro atoms. The molecule has 0 unspecified atom stereocenters. The van der Waals surface area contributed by atoms with Gasteiger partial charge in [0.2, 0.25) is 10.0 Å². The molecule has 2 fully saturated rings. The molecule has 0 bridgehead atoms. The molecule has 0 radical (unpaired) electrons. The standard InChI is InChI=1S/C34H46F2N4O8S/c1-20(2)17-40(49(43,44)26-7-8-28-31(16-26)48-33(38-28)37-21(3)4)18-30(41)29(14-22-12-24(35)15-25(36)13-22)39-34(42)46-11-9-23-19-47-32-27(23)6-5-10-45-32/h7-8,12-13,15-16,20-21,23,27,29-30,32,41H,5-6,9-11,14,17-19H2,1-4H3,(H,37,38)(H,39,42)/t23-,27-,29+,30-,32+/m1/s1. The Bertz CT molecular complexity index is 1670. The summed E-state index contributed by atoms with van der Waals surface area (Å²) in [5.41, 5.74) is 0.892. The van der Waals surface area contributed by atoms with Gasteiger partial charge in [-0.3, -0.25) is 0 Å². The van der Waals surface area contributed by atoms with E-state index in [9.17, 15) is 27.1 Å². The van der Waals surface area contributed by atoms with E-state index in [4.69, 9.17) is 18.6 Å². The van der Waals surface area contributed by atoms with Crippen molar-refractivity contribution in [2.75, 3.05) is 38.2 Å². The number of fused-ring (bicyclic) bond motifs is 2. The van der Waals surface area contributed by atoms with Crippen molar-refractivity contribution in [3.63, 3.8) is 0 Å². The highest BCUT2D eigenvalue weighted by molar-refractivity contribution is 7.89. The van der Waals surface area contributed by atoms with Crippen molar-refractivity contribution in [3.8, 4) is 0 Å². The Morgan fingerprint density at radius 1 is 1.10 bits per heavy atom. The average Bonchev–Trinajstić information content (AvgIpc) is 3.62. The van der Waals surface area contributed by atoms with E-state index >= 15 is 0 Å². The summed E-state index contributed by atoms with van der Waals surface area (Å²) in [7, 11) is -4.20. The van der Waals surface area contributed by atoms with Crippen LogP contribution in [0.3, 0.4) is 0 Å². The lowest BCUT2D eigenvalue weighted by molar-refractivity contribution is -0.151. The van der Waals surface area contributed by atoms with Crippen molar-refractivity contribution in [3.05, 3.63) is 53.6 Å². The van der Waals surface area contributed by atoms with Gasteiger partial charge in [-0.15, -0.1) is 0 Å². The van der Waals surface area contributed by atoms with Crippen LogP contribution in [-0.2, 0) is 30.7 Å². The molecule has 3 N–H and O–H groups in total. The summed E-state index contributed by atoms with van der Waals surface area (Å²) in [6, 6.07) is 6.38. The number of carbonyl (C=O) groups is 1. The van der Waals surface area contributed by atoms with Crippen LogP contribution in [-0.4, -0.2) is 86.3 Å². The van der Waals surface area contributed by atoms with Crippen LogP contribution < -0.4 is 10.6 Å². The maximum atomic E-state index is 14.1. The molecule has 3 heterocycles. The zero-order chi connectivity index (χ0) is 35.3. The van der Waals surface area contributed by atoms with Crippen LogP contribution in [0.25, 0.3) is 11.1 Å². The lowest BCUT2D eigenvalue weighted by Crippen LogP contribution is -2.51. The van der Waals surface area contributed by atoms with Crippen molar-refractivity contribution in [2.24, 2.45) is 17.8 Å². The van der Waals surface area contributed by atoms with Crippen molar-refractivity contribution in [1.29, 1.82) is 0 Å². The van der Waals surface area contributed by atoms with Gasteiger partial charge in [-0.2, -0.15) is 9.29 Å². The molecule has 49 heavy (non-hydrogen) atoms. The van der Waals surface area contributed by atoms with Crippen molar-refractivity contribution in [1.82, 2.24) is 14.6 Å². The number of nitrogens with one attached hydrogen (secondary N) is 2. The van der Waals surface area contributed by atoms with Crippen LogP contribution in [0.1, 0.15) is 52.5 Å². The maximum Gasteiger partial charge on any atom is 0.407 e. The summed E-state index contributed by atoms with van der Waals surface area (Å²) in [6.45, 7) is 8.35. The molecule has 0 saturated carbocycles. The van der Waals surface area contributed by atoms with Crippen LogP contribution in [0, 0.1) is 29.4 Å². The van der Waals surface area contributed by atoms with Gasteiger partial charge in [-0.1, -0.05) is 13.8 Å². The number of aromatic nitrogens is 1. The quantitative estimate of drug-likeness (QED) is 0.195. The predicted octanol–water partition coefficient (Wildman–Crippen LogP) is 5.06. The summed E-state index contributed by atoms with van der Waals surface area (Å²) in [5, 5.41) is 17.2. The summed E-state index contributed by atoms with van der Waals surface area (Å²) in [6.07, 6.45) is -0.321. The Balaban J connectivity index is 1.31. The monoisotopic (exact) mass is 708 g/mol. The fourth-order valence-corrected chi connectivity index (χ4v) is 7.98. The minimum Gasteiger partial charge on any atom is -0.450 e. The van der Waals surface area contributed by atoms with E-state index in [1.54, 1.807) is 6.07 Å². The second-order valence-electron chi connectivity index (χ2n) is 13.5. The first-order valence-corrected chi connectivity index (χ1v) is 18.2. The minimum atomic E-state index is -4.20. The number of ether oxygens (including phenoxy) is 3. The SMILES string of the molecule is CC(C)CN(C[C@@H](O)[C@H](Cc1cc(F)cc(F)c1)NC(=O)OCC[C@@H]1CO[C@@H]2OCCC[C@H]12)S(=O)(=O)c1ccc2nc(NC(C)C)oc2c1. The summed E-state index contributed by atoms with van der Waals surface area (Å²) in [4.78, 5) is 17.3. The molecule has 2 aromatic carbocycles. The topological polar surface area (TPSA) is 152 Å². The zero-order valence-corrected chi connectivity index (χ0v) is 29.0. The number of hydrogen-bond acceptors (Lipinski definition) is 10. The fourth-order valence-electron chi connectivity index (χ4n) is 6.35. The molecule has 12 nitrogen and oxygen atoms in total.